The van der Waals surface area contributed by atoms with Gasteiger partial charge in [-0.1, -0.05) is 44.2 Å². The first-order chi connectivity index (χ1) is 8.94. The van der Waals surface area contributed by atoms with Gasteiger partial charge in [-0.3, -0.25) is 0 Å². The Morgan fingerprint density at radius 3 is 2.47 bits per heavy atom. The fourth-order valence-electron chi connectivity index (χ4n) is 1.87. The maximum atomic E-state index is 11.9. The predicted octanol–water partition coefficient (Wildman–Crippen LogP) is 1.84. The lowest BCUT2D eigenvalue weighted by molar-refractivity contribution is 0.554. The zero-order valence-electron chi connectivity index (χ0n) is 11.7. The first-order valence-electron chi connectivity index (χ1n) is 6.72. The number of nitrogens with two attached hydrogens (primary N) is 1. The van der Waals surface area contributed by atoms with Crippen molar-refractivity contribution in [2.45, 2.75) is 38.6 Å². The van der Waals surface area contributed by atoms with Crippen LogP contribution in [0.15, 0.2) is 30.3 Å². The molecular weight excluding hydrogens is 260 g/mol. The van der Waals surface area contributed by atoms with Crippen LogP contribution in [0, 0.1) is 0 Å². The zero-order valence-corrected chi connectivity index (χ0v) is 12.5. The molecule has 1 aromatic carbocycles. The second-order valence-corrected chi connectivity index (χ2v) is 6.80. The first-order valence-corrected chi connectivity index (χ1v) is 8.37. The number of hydrogen-bond donors (Lipinski definition) is 2. The maximum Gasteiger partial charge on any atom is 0.212 e. The molecule has 0 saturated carbocycles. The molecule has 5 heteroatoms. The summed E-state index contributed by atoms with van der Waals surface area (Å²) in [5, 5.41) is 0. The van der Waals surface area contributed by atoms with E-state index in [1.807, 2.05) is 44.2 Å². The summed E-state index contributed by atoms with van der Waals surface area (Å²) >= 11 is 0. The second-order valence-electron chi connectivity index (χ2n) is 4.94. The predicted molar refractivity (Wildman–Crippen MR) is 79.5 cm³/mol. The third kappa shape index (κ3) is 6.18. The van der Waals surface area contributed by atoms with Gasteiger partial charge in [0.1, 0.15) is 0 Å². The molecule has 1 rings (SSSR count). The fourth-order valence-corrected chi connectivity index (χ4v) is 3.27. The molecule has 0 aliphatic heterocycles. The maximum absolute atomic E-state index is 11.9. The molecule has 1 aromatic rings. The first kappa shape index (κ1) is 16.1. The Hall–Kier alpha value is -0.910. The van der Waals surface area contributed by atoms with Gasteiger partial charge in [0.25, 0.3) is 0 Å². The molecular formula is C14H24N2O2S. The van der Waals surface area contributed by atoms with Crippen molar-refractivity contribution in [3.05, 3.63) is 35.9 Å². The van der Waals surface area contributed by atoms with Gasteiger partial charge in [0, 0.05) is 12.6 Å². The van der Waals surface area contributed by atoms with E-state index < -0.39 is 10.0 Å². The molecule has 0 saturated heterocycles. The highest BCUT2D eigenvalue weighted by atomic mass is 32.2. The van der Waals surface area contributed by atoms with E-state index in [2.05, 4.69) is 4.72 Å². The Kier molecular flexibility index (Phi) is 6.48. The third-order valence-corrected chi connectivity index (χ3v) is 4.78. The monoisotopic (exact) mass is 284 g/mol. The number of benzene rings is 1. The van der Waals surface area contributed by atoms with Gasteiger partial charge in [0.2, 0.25) is 10.0 Å². The van der Waals surface area contributed by atoms with E-state index in [-0.39, 0.29) is 17.7 Å². The Morgan fingerprint density at radius 1 is 1.26 bits per heavy atom. The van der Waals surface area contributed by atoms with Gasteiger partial charge in [0.15, 0.2) is 0 Å². The molecule has 4 nitrogen and oxygen atoms in total. The van der Waals surface area contributed by atoms with E-state index in [4.69, 9.17) is 5.73 Å². The van der Waals surface area contributed by atoms with E-state index >= 15 is 0 Å². The second kappa shape index (κ2) is 7.62. The normalized spacial score (nSPS) is 15.1. The zero-order chi connectivity index (χ0) is 14.3. The van der Waals surface area contributed by atoms with Gasteiger partial charge in [-0.2, -0.15) is 0 Å². The van der Waals surface area contributed by atoms with Crippen LogP contribution in [0.5, 0.6) is 0 Å². The van der Waals surface area contributed by atoms with Gasteiger partial charge < -0.3 is 5.73 Å². The number of nitrogens with one attached hydrogen (secondary N) is 1. The van der Waals surface area contributed by atoms with Crippen LogP contribution >= 0.6 is 0 Å². The quantitative estimate of drug-likeness (QED) is 0.765. The Labute approximate surface area is 116 Å². The largest absolute Gasteiger partial charge is 0.328 e. The van der Waals surface area contributed by atoms with Gasteiger partial charge in [-0.05, 0) is 24.3 Å². The highest BCUT2D eigenvalue weighted by Gasteiger charge is 2.16. The molecule has 0 aliphatic rings. The summed E-state index contributed by atoms with van der Waals surface area (Å²) in [6, 6.07) is 9.74. The van der Waals surface area contributed by atoms with Crippen LogP contribution < -0.4 is 10.5 Å². The molecule has 0 aliphatic carbocycles. The standard InChI is InChI=1S/C14H24N2O2S/c1-3-14(15)9-10-16-19(17,18)11-12(2)13-7-5-4-6-8-13/h4-8,12,14,16H,3,9-11,15H2,1-2H3. The summed E-state index contributed by atoms with van der Waals surface area (Å²) in [4.78, 5) is 0. The van der Waals surface area contributed by atoms with Crippen molar-refractivity contribution in [3.63, 3.8) is 0 Å². The summed E-state index contributed by atoms with van der Waals surface area (Å²) < 4.78 is 26.5. The Bertz CT molecular complexity index is 460. The molecule has 3 N–H and O–H groups in total. The average molecular weight is 284 g/mol. The lowest BCUT2D eigenvalue weighted by Crippen LogP contribution is -2.32. The molecule has 19 heavy (non-hydrogen) atoms. The van der Waals surface area contributed by atoms with Crippen LogP contribution in [0.25, 0.3) is 0 Å². The molecule has 0 heterocycles. The third-order valence-electron chi connectivity index (χ3n) is 3.20. The Morgan fingerprint density at radius 2 is 1.89 bits per heavy atom. The van der Waals surface area contributed by atoms with Gasteiger partial charge in [0.05, 0.1) is 5.75 Å². The van der Waals surface area contributed by atoms with Crippen LogP contribution in [-0.4, -0.2) is 26.8 Å². The van der Waals surface area contributed by atoms with E-state index in [1.54, 1.807) is 0 Å². The van der Waals surface area contributed by atoms with Crippen molar-refractivity contribution in [2.75, 3.05) is 12.3 Å². The van der Waals surface area contributed by atoms with Gasteiger partial charge >= 0.3 is 0 Å². The van der Waals surface area contributed by atoms with Crippen molar-refractivity contribution in [2.24, 2.45) is 5.73 Å². The molecule has 108 valence electrons. The van der Waals surface area contributed by atoms with E-state index in [0.29, 0.717) is 13.0 Å². The van der Waals surface area contributed by atoms with E-state index in [1.165, 1.54) is 0 Å². The molecule has 0 fully saturated rings. The fraction of sp³-hybridized carbons (Fsp3) is 0.571. The highest BCUT2D eigenvalue weighted by Crippen LogP contribution is 2.16. The van der Waals surface area contributed by atoms with Crippen molar-refractivity contribution in [3.8, 4) is 0 Å². The summed E-state index contributed by atoms with van der Waals surface area (Å²) in [7, 11) is -3.24. The van der Waals surface area contributed by atoms with Gasteiger partial charge in [-0.15, -0.1) is 0 Å². The molecule has 0 aromatic heterocycles. The van der Waals surface area contributed by atoms with Crippen molar-refractivity contribution in [1.29, 1.82) is 0 Å². The van der Waals surface area contributed by atoms with Crippen LogP contribution in [0.3, 0.4) is 0 Å². The SMILES string of the molecule is CCC(N)CCNS(=O)(=O)CC(C)c1ccccc1. The molecule has 0 bridgehead atoms. The Balaban J connectivity index is 2.46. The van der Waals surface area contributed by atoms with Crippen molar-refractivity contribution < 1.29 is 8.42 Å². The number of sulfonamides is 1. The number of rotatable bonds is 8. The van der Waals surface area contributed by atoms with E-state index in [9.17, 15) is 8.42 Å². The summed E-state index contributed by atoms with van der Waals surface area (Å²) in [5.74, 6) is 0.0943. The van der Waals surface area contributed by atoms with Crippen LogP contribution in [0.2, 0.25) is 0 Å². The minimum atomic E-state index is -3.24. The van der Waals surface area contributed by atoms with Gasteiger partial charge in [-0.25, -0.2) is 13.1 Å². The van der Waals surface area contributed by atoms with Crippen molar-refractivity contribution >= 4 is 10.0 Å². The molecule has 0 amide bonds. The summed E-state index contributed by atoms with van der Waals surface area (Å²) in [6.07, 6.45) is 1.54. The van der Waals surface area contributed by atoms with E-state index in [0.717, 1.165) is 12.0 Å². The molecule has 2 unspecified atom stereocenters. The smallest absolute Gasteiger partial charge is 0.212 e. The summed E-state index contributed by atoms with van der Waals surface area (Å²) in [5.41, 5.74) is 6.80. The van der Waals surface area contributed by atoms with Crippen molar-refractivity contribution in [1.82, 2.24) is 4.72 Å². The van der Waals surface area contributed by atoms with Crippen LogP contribution in [0.4, 0.5) is 0 Å². The molecule has 2 atom stereocenters. The number of hydrogen-bond acceptors (Lipinski definition) is 3. The minimum absolute atomic E-state index is 0.0152. The lowest BCUT2D eigenvalue weighted by atomic mass is 10.0. The highest BCUT2D eigenvalue weighted by molar-refractivity contribution is 7.89. The topological polar surface area (TPSA) is 72.2 Å². The molecule has 0 radical (unpaired) electrons. The lowest BCUT2D eigenvalue weighted by Gasteiger charge is -2.14. The summed E-state index contributed by atoms with van der Waals surface area (Å²) in [6.45, 7) is 4.34. The average Bonchev–Trinajstić information content (AvgIpc) is 2.38. The van der Waals surface area contributed by atoms with Crippen LogP contribution in [-0.2, 0) is 10.0 Å². The van der Waals surface area contributed by atoms with Crippen LogP contribution in [0.1, 0.15) is 38.2 Å². The minimum Gasteiger partial charge on any atom is -0.328 e. The molecule has 0 spiro atoms.